The van der Waals surface area contributed by atoms with E-state index in [0.29, 0.717) is 11.8 Å². The van der Waals surface area contributed by atoms with Gasteiger partial charge in [-0.25, -0.2) is 4.98 Å². The lowest BCUT2D eigenvalue weighted by Gasteiger charge is -2.20. The summed E-state index contributed by atoms with van der Waals surface area (Å²) in [6.07, 6.45) is 7.26. The summed E-state index contributed by atoms with van der Waals surface area (Å²) < 4.78 is 5.21. The topological polar surface area (TPSA) is 61.0 Å². The van der Waals surface area contributed by atoms with Crippen molar-refractivity contribution in [1.82, 2.24) is 9.97 Å². The maximum absolute atomic E-state index is 6.28. The van der Waals surface area contributed by atoms with Crippen LogP contribution in [0.4, 0.5) is 0 Å². The van der Waals surface area contributed by atoms with Crippen LogP contribution in [0.3, 0.4) is 0 Å². The van der Waals surface area contributed by atoms with Gasteiger partial charge in [0, 0.05) is 12.4 Å². The van der Waals surface area contributed by atoms with E-state index < -0.39 is 0 Å². The van der Waals surface area contributed by atoms with Crippen LogP contribution in [0.25, 0.3) is 0 Å². The molecule has 1 heterocycles. The minimum Gasteiger partial charge on any atom is -0.480 e. The van der Waals surface area contributed by atoms with Gasteiger partial charge in [0.25, 0.3) is 0 Å². The summed E-state index contributed by atoms with van der Waals surface area (Å²) in [5.41, 5.74) is 7.09. The van der Waals surface area contributed by atoms with Crippen molar-refractivity contribution in [2.75, 3.05) is 7.11 Å². The molecule has 0 radical (unpaired) electrons. The van der Waals surface area contributed by atoms with Gasteiger partial charge in [0.05, 0.1) is 13.2 Å². The maximum Gasteiger partial charge on any atom is 0.236 e. The summed E-state index contributed by atoms with van der Waals surface area (Å²) >= 11 is 0. The normalized spacial score (nSPS) is 33.2. The number of ether oxygens (including phenoxy) is 1. The van der Waals surface area contributed by atoms with E-state index in [2.05, 4.69) is 9.97 Å². The first kappa shape index (κ1) is 10.0. The second-order valence-electron chi connectivity index (χ2n) is 4.96. The fraction of sp³-hybridized carbons (Fsp3) is 0.667. The Morgan fingerprint density at radius 2 is 1.94 bits per heavy atom. The van der Waals surface area contributed by atoms with Crippen molar-refractivity contribution < 1.29 is 4.74 Å². The van der Waals surface area contributed by atoms with E-state index in [1.54, 1.807) is 19.5 Å². The van der Waals surface area contributed by atoms with Crippen LogP contribution in [0, 0.1) is 17.8 Å². The molecule has 1 aromatic heterocycles. The highest BCUT2D eigenvalue weighted by molar-refractivity contribution is 5.22. The van der Waals surface area contributed by atoms with E-state index in [1.807, 2.05) is 0 Å². The molecule has 2 aliphatic rings. The number of aromatic nitrogens is 2. The second-order valence-corrected chi connectivity index (χ2v) is 4.96. The zero-order chi connectivity index (χ0) is 11.1. The number of rotatable bonds is 3. The molecule has 0 amide bonds. The Morgan fingerprint density at radius 1 is 1.25 bits per heavy atom. The standard InChI is InChI=1S/C12H17N3O/c1-16-12-11(14-2-3-15-12)10(13)9-5-7-4-8(7)6-9/h2-3,7-10H,4-6,13H2,1H3. The maximum atomic E-state index is 6.28. The van der Waals surface area contributed by atoms with Gasteiger partial charge in [0.1, 0.15) is 5.69 Å². The summed E-state index contributed by atoms with van der Waals surface area (Å²) in [5, 5.41) is 0. The average Bonchev–Trinajstić information content (AvgIpc) is 2.95. The summed E-state index contributed by atoms with van der Waals surface area (Å²) in [6.45, 7) is 0. The molecule has 86 valence electrons. The molecule has 0 saturated heterocycles. The van der Waals surface area contributed by atoms with Gasteiger partial charge >= 0.3 is 0 Å². The van der Waals surface area contributed by atoms with Crippen LogP contribution in [-0.2, 0) is 0 Å². The third-order valence-corrected chi connectivity index (χ3v) is 3.99. The quantitative estimate of drug-likeness (QED) is 0.837. The van der Waals surface area contributed by atoms with E-state index >= 15 is 0 Å². The number of methoxy groups -OCH3 is 1. The van der Waals surface area contributed by atoms with E-state index in [-0.39, 0.29) is 6.04 Å². The highest BCUT2D eigenvalue weighted by Gasteiger charge is 2.48. The zero-order valence-corrected chi connectivity index (χ0v) is 9.47. The van der Waals surface area contributed by atoms with Gasteiger partial charge < -0.3 is 10.5 Å². The number of nitrogens with zero attached hydrogens (tertiary/aromatic N) is 2. The number of fused-ring (bicyclic) bond motifs is 1. The summed E-state index contributed by atoms with van der Waals surface area (Å²) in [5.74, 6) is 3.03. The predicted molar refractivity (Wildman–Crippen MR) is 59.8 cm³/mol. The molecule has 2 N–H and O–H groups in total. The van der Waals surface area contributed by atoms with Crippen LogP contribution in [0.2, 0.25) is 0 Å². The van der Waals surface area contributed by atoms with Crippen molar-refractivity contribution in [2.24, 2.45) is 23.5 Å². The van der Waals surface area contributed by atoms with E-state index in [0.717, 1.165) is 17.5 Å². The number of nitrogens with two attached hydrogens (primary N) is 1. The lowest BCUT2D eigenvalue weighted by atomic mass is 9.93. The highest BCUT2D eigenvalue weighted by atomic mass is 16.5. The minimum absolute atomic E-state index is 0.0172. The first-order valence-corrected chi connectivity index (χ1v) is 5.90. The molecule has 4 heteroatoms. The molecule has 3 unspecified atom stereocenters. The summed E-state index contributed by atoms with van der Waals surface area (Å²) in [7, 11) is 1.62. The first-order valence-electron chi connectivity index (χ1n) is 5.90. The van der Waals surface area contributed by atoms with Crippen LogP contribution >= 0.6 is 0 Å². The smallest absolute Gasteiger partial charge is 0.236 e. The zero-order valence-electron chi connectivity index (χ0n) is 9.47. The Balaban J connectivity index is 1.80. The minimum atomic E-state index is -0.0172. The molecule has 4 nitrogen and oxygen atoms in total. The molecule has 0 aromatic carbocycles. The fourth-order valence-corrected chi connectivity index (χ4v) is 3.00. The van der Waals surface area contributed by atoms with Crippen molar-refractivity contribution in [1.29, 1.82) is 0 Å². The van der Waals surface area contributed by atoms with Crippen LogP contribution in [0.15, 0.2) is 12.4 Å². The van der Waals surface area contributed by atoms with E-state index in [9.17, 15) is 0 Å². The fourth-order valence-electron chi connectivity index (χ4n) is 3.00. The Kier molecular flexibility index (Phi) is 2.32. The molecule has 3 rings (SSSR count). The molecule has 16 heavy (non-hydrogen) atoms. The van der Waals surface area contributed by atoms with Gasteiger partial charge in [-0.2, -0.15) is 0 Å². The lowest BCUT2D eigenvalue weighted by molar-refractivity contribution is 0.353. The van der Waals surface area contributed by atoms with Gasteiger partial charge in [-0.3, -0.25) is 4.98 Å². The first-order chi connectivity index (χ1) is 7.79. The molecule has 0 bridgehead atoms. The molecule has 1 aromatic rings. The van der Waals surface area contributed by atoms with Gasteiger partial charge in [-0.1, -0.05) is 0 Å². The molecule has 2 saturated carbocycles. The van der Waals surface area contributed by atoms with Crippen LogP contribution in [0.1, 0.15) is 31.0 Å². The van der Waals surface area contributed by atoms with Crippen LogP contribution in [0.5, 0.6) is 5.88 Å². The monoisotopic (exact) mass is 219 g/mol. The largest absolute Gasteiger partial charge is 0.480 e. The van der Waals surface area contributed by atoms with Gasteiger partial charge in [-0.05, 0) is 37.0 Å². The van der Waals surface area contributed by atoms with Gasteiger partial charge in [-0.15, -0.1) is 0 Å². The van der Waals surface area contributed by atoms with Crippen molar-refractivity contribution in [2.45, 2.75) is 25.3 Å². The molecule has 2 aliphatic carbocycles. The van der Waals surface area contributed by atoms with E-state index in [1.165, 1.54) is 19.3 Å². The second kappa shape index (κ2) is 3.70. The van der Waals surface area contributed by atoms with Crippen molar-refractivity contribution >= 4 is 0 Å². The Bertz CT molecular complexity index is 386. The number of hydrogen-bond acceptors (Lipinski definition) is 4. The number of hydrogen-bond donors (Lipinski definition) is 1. The molecule has 2 fully saturated rings. The third-order valence-electron chi connectivity index (χ3n) is 3.99. The van der Waals surface area contributed by atoms with Crippen LogP contribution in [-0.4, -0.2) is 17.1 Å². The Labute approximate surface area is 95.2 Å². The predicted octanol–water partition coefficient (Wildman–Crippen LogP) is 1.53. The van der Waals surface area contributed by atoms with Gasteiger partial charge in [0.15, 0.2) is 0 Å². The Hall–Kier alpha value is -1.16. The van der Waals surface area contributed by atoms with Gasteiger partial charge in [0.2, 0.25) is 5.88 Å². The highest BCUT2D eigenvalue weighted by Crippen LogP contribution is 2.56. The average molecular weight is 219 g/mol. The molecule has 3 atom stereocenters. The molecule has 0 aliphatic heterocycles. The van der Waals surface area contributed by atoms with Crippen molar-refractivity contribution in [3.8, 4) is 5.88 Å². The SMILES string of the molecule is COc1nccnc1C(N)C1CC2CC2C1. The van der Waals surface area contributed by atoms with Crippen LogP contribution < -0.4 is 10.5 Å². The Morgan fingerprint density at radius 3 is 2.62 bits per heavy atom. The molecule has 0 spiro atoms. The lowest BCUT2D eigenvalue weighted by Crippen LogP contribution is -2.22. The van der Waals surface area contributed by atoms with Crippen molar-refractivity contribution in [3.63, 3.8) is 0 Å². The molecular formula is C12H17N3O. The summed E-state index contributed by atoms with van der Waals surface area (Å²) in [6, 6.07) is -0.0172. The van der Waals surface area contributed by atoms with E-state index in [4.69, 9.17) is 10.5 Å². The summed E-state index contributed by atoms with van der Waals surface area (Å²) in [4.78, 5) is 8.48. The molecular weight excluding hydrogens is 202 g/mol. The third kappa shape index (κ3) is 1.57. The van der Waals surface area contributed by atoms with Crippen molar-refractivity contribution in [3.05, 3.63) is 18.1 Å².